The molecule has 3 heterocycles. The number of fused-ring (bicyclic) bond motifs is 1. The van der Waals surface area contributed by atoms with Gasteiger partial charge in [0.25, 0.3) is 5.91 Å². The maximum Gasteiger partial charge on any atom is 0.255 e. The Labute approximate surface area is 158 Å². The Morgan fingerprint density at radius 3 is 2.78 bits per heavy atom. The quantitative estimate of drug-likeness (QED) is 0.481. The number of imide groups is 1. The number of nitrogens with one attached hydrogen (secondary N) is 3. The van der Waals surface area contributed by atoms with Gasteiger partial charge in [-0.15, -0.1) is 0 Å². The Kier molecular flexibility index (Phi) is 5.22. The van der Waals surface area contributed by atoms with Gasteiger partial charge in [-0.3, -0.25) is 19.7 Å². The number of benzene rings is 1. The molecule has 0 aromatic heterocycles. The third-order valence-electron chi connectivity index (χ3n) is 5.75. The van der Waals surface area contributed by atoms with E-state index in [1.165, 1.54) is 12.8 Å². The van der Waals surface area contributed by atoms with E-state index in [0.29, 0.717) is 18.5 Å². The highest BCUT2D eigenvalue weighted by molar-refractivity contribution is 6.05. The molecule has 3 N–H and O–H groups in total. The van der Waals surface area contributed by atoms with Crippen molar-refractivity contribution < 1.29 is 14.4 Å². The molecular weight excluding hydrogens is 344 g/mol. The summed E-state index contributed by atoms with van der Waals surface area (Å²) in [6.45, 7) is 4.45. The first-order valence-electron chi connectivity index (χ1n) is 9.79. The normalized spacial score (nSPS) is 22.6. The number of amides is 3. The molecule has 3 aliphatic rings. The zero-order valence-corrected chi connectivity index (χ0v) is 15.4. The topological polar surface area (TPSA) is 90.5 Å². The fourth-order valence-electron chi connectivity index (χ4n) is 4.01. The van der Waals surface area contributed by atoms with Crippen molar-refractivity contribution in [3.63, 3.8) is 0 Å². The summed E-state index contributed by atoms with van der Waals surface area (Å²) in [6.07, 6.45) is 3.10. The van der Waals surface area contributed by atoms with E-state index in [1.807, 2.05) is 18.2 Å². The van der Waals surface area contributed by atoms with Crippen LogP contribution in [0.25, 0.3) is 0 Å². The van der Waals surface area contributed by atoms with Crippen LogP contribution in [0.2, 0.25) is 0 Å². The molecule has 2 saturated heterocycles. The van der Waals surface area contributed by atoms with Crippen LogP contribution in [-0.4, -0.2) is 48.3 Å². The Morgan fingerprint density at radius 1 is 1.19 bits per heavy atom. The van der Waals surface area contributed by atoms with E-state index in [1.54, 1.807) is 4.90 Å². The summed E-state index contributed by atoms with van der Waals surface area (Å²) < 4.78 is 0. The maximum atomic E-state index is 12.8. The molecule has 3 amide bonds. The van der Waals surface area contributed by atoms with Gasteiger partial charge < -0.3 is 15.5 Å². The summed E-state index contributed by atoms with van der Waals surface area (Å²) >= 11 is 0. The van der Waals surface area contributed by atoms with Crippen molar-refractivity contribution >= 4 is 17.7 Å². The molecule has 0 aliphatic carbocycles. The lowest BCUT2D eigenvalue weighted by molar-refractivity contribution is -0.136. The minimum absolute atomic E-state index is 0.112. The van der Waals surface area contributed by atoms with Gasteiger partial charge in [0.15, 0.2) is 0 Å². The van der Waals surface area contributed by atoms with E-state index < -0.39 is 6.04 Å². The third-order valence-corrected chi connectivity index (χ3v) is 5.75. The molecule has 1 aromatic carbocycles. The van der Waals surface area contributed by atoms with Gasteiger partial charge in [-0.1, -0.05) is 12.1 Å². The van der Waals surface area contributed by atoms with Crippen LogP contribution in [0.15, 0.2) is 18.2 Å². The van der Waals surface area contributed by atoms with Crippen LogP contribution in [0, 0.1) is 5.92 Å². The Bertz CT molecular complexity index is 760. The van der Waals surface area contributed by atoms with Crippen molar-refractivity contribution in [3.05, 3.63) is 34.9 Å². The number of nitrogens with zero attached hydrogens (tertiary/aromatic N) is 1. The zero-order valence-electron chi connectivity index (χ0n) is 15.4. The van der Waals surface area contributed by atoms with E-state index >= 15 is 0 Å². The van der Waals surface area contributed by atoms with Crippen molar-refractivity contribution in [2.24, 2.45) is 5.92 Å². The summed E-state index contributed by atoms with van der Waals surface area (Å²) in [5.41, 5.74) is 2.71. The minimum atomic E-state index is -0.551. The highest BCUT2D eigenvalue weighted by atomic mass is 16.2. The van der Waals surface area contributed by atoms with Crippen LogP contribution in [0.1, 0.15) is 47.2 Å². The molecule has 0 spiro atoms. The van der Waals surface area contributed by atoms with Gasteiger partial charge in [0.1, 0.15) is 6.04 Å². The van der Waals surface area contributed by atoms with Crippen LogP contribution in [0.4, 0.5) is 0 Å². The molecular formula is C20H26N4O3. The van der Waals surface area contributed by atoms with E-state index in [9.17, 15) is 14.4 Å². The number of carbonyl (C=O) groups is 3. The lowest BCUT2D eigenvalue weighted by atomic mass is 9.97. The summed E-state index contributed by atoms with van der Waals surface area (Å²) in [4.78, 5) is 37.8. The maximum absolute atomic E-state index is 12.8. The van der Waals surface area contributed by atoms with E-state index in [2.05, 4.69) is 16.0 Å². The third kappa shape index (κ3) is 3.89. The molecule has 1 unspecified atom stereocenters. The lowest BCUT2D eigenvalue weighted by Gasteiger charge is -2.29. The van der Waals surface area contributed by atoms with Crippen LogP contribution in [0.5, 0.6) is 0 Å². The van der Waals surface area contributed by atoms with Gasteiger partial charge in [-0.25, -0.2) is 0 Å². The molecule has 4 rings (SSSR count). The monoisotopic (exact) mass is 370 g/mol. The minimum Gasteiger partial charge on any atom is -0.322 e. The standard InChI is InChI=1S/C20H26N4O3/c25-18-6-5-17(19(26)23-18)24-12-15-4-3-13(8-16(15)20(24)27)9-21-7-1-2-14-10-22-11-14/h3-4,8,14,17,21-22H,1-2,5-7,9-12H2,(H,23,25,26). The molecule has 1 aromatic rings. The SMILES string of the molecule is O=C1CCC(N2Cc3ccc(CNCCCC4CNC4)cc3C2=O)C(=O)N1. The molecule has 2 fully saturated rings. The second kappa shape index (κ2) is 7.78. The molecule has 1 atom stereocenters. The van der Waals surface area contributed by atoms with Gasteiger partial charge >= 0.3 is 0 Å². The van der Waals surface area contributed by atoms with Crippen LogP contribution < -0.4 is 16.0 Å². The molecule has 0 radical (unpaired) electrons. The first-order chi connectivity index (χ1) is 13.1. The average molecular weight is 370 g/mol. The van der Waals surface area contributed by atoms with Gasteiger partial charge in [0.2, 0.25) is 11.8 Å². The predicted molar refractivity (Wildman–Crippen MR) is 99.8 cm³/mol. The van der Waals surface area contributed by atoms with Crippen molar-refractivity contribution in [1.82, 2.24) is 20.9 Å². The van der Waals surface area contributed by atoms with Gasteiger partial charge in [0, 0.05) is 25.1 Å². The number of hydrogen-bond acceptors (Lipinski definition) is 5. The lowest BCUT2D eigenvalue weighted by Crippen LogP contribution is -2.52. The van der Waals surface area contributed by atoms with Crippen LogP contribution in [0.3, 0.4) is 0 Å². The van der Waals surface area contributed by atoms with Crippen molar-refractivity contribution in [1.29, 1.82) is 0 Å². The molecule has 7 nitrogen and oxygen atoms in total. The zero-order chi connectivity index (χ0) is 18.8. The number of piperidine rings is 1. The van der Waals surface area contributed by atoms with Crippen molar-refractivity contribution in [3.8, 4) is 0 Å². The van der Waals surface area contributed by atoms with E-state index in [-0.39, 0.29) is 24.1 Å². The first-order valence-corrected chi connectivity index (χ1v) is 9.79. The van der Waals surface area contributed by atoms with E-state index in [4.69, 9.17) is 0 Å². The van der Waals surface area contributed by atoms with Gasteiger partial charge in [-0.2, -0.15) is 0 Å². The highest BCUT2D eigenvalue weighted by Crippen LogP contribution is 2.28. The number of carbonyl (C=O) groups excluding carboxylic acids is 3. The summed E-state index contributed by atoms with van der Waals surface area (Å²) in [5.74, 6) is 0.0970. The fraction of sp³-hybridized carbons (Fsp3) is 0.550. The molecule has 3 aliphatic heterocycles. The second-order valence-corrected chi connectivity index (χ2v) is 7.73. The van der Waals surface area contributed by atoms with Crippen molar-refractivity contribution in [2.75, 3.05) is 19.6 Å². The Hall–Kier alpha value is -2.25. The average Bonchev–Trinajstić information content (AvgIpc) is 2.93. The van der Waals surface area contributed by atoms with Crippen molar-refractivity contribution in [2.45, 2.75) is 44.8 Å². The molecule has 7 heteroatoms. The number of rotatable bonds is 7. The Balaban J connectivity index is 1.32. The predicted octanol–water partition coefficient (Wildman–Crippen LogP) is 0.537. The van der Waals surface area contributed by atoms with Gasteiger partial charge in [0.05, 0.1) is 0 Å². The molecule has 27 heavy (non-hydrogen) atoms. The first kappa shape index (κ1) is 18.1. The number of hydrogen-bond donors (Lipinski definition) is 3. The largest absolute Gasteiger partial charge is 0.322 e. The summed E-state index contributed by atoms with van der Waals surface area (Å²) in [7, 11) is 0. The van der Waals surface area contributed by atoms with Gasteiger partial charge in [-0.05, 0) is 62.0 Å². The smallest absolute Gasteiger partial charge is 0.255 e. The fourth-order valence-corrected chi connectivity index (χ4v) is 4.01. The Morgan fingerprint density at radius 2 is 2.04 bits per heavy atom. The second-order valence-electron chi connectivity index (χ2n) is 7.73. The molecule has 0 bridgehead atoms. The summed E-state index contributed by atoms with van der Waals surface area (Å²) in [5, 5.41) is 9.08. The molecule has 0 saturated carbocycles. The highest BCUT2D eigenvalue weighted by Gasteiger charge is 2.39. The van der Waals surface area contributed by atoms with Crippen LogP contribution in [-0.2, 0) is 22.7 Å². The van der Waals surface area contributed by atoms with E-state index in [0.717, 1.165) is 43.2 Å². The summed E-state index contributed by atoms with van der Waals surface area (Å²) in [6, 6.07) is 5.41. The molecule has 144 valence electrons. The van der Waals surface area contributed by atoms with Crippen LogP contribution >= 0.6 is 0 Å².